The van der Waals surface area contributed by atoms with Crippen LogP contribution in [0.5, 0.6) is 0 Å². The van der Waals surface area contributed by atoms with Crippen LogP contribution in [0.15, 0.2) is 18.2 Å². The largest absolute Gasteiger partial charge is 0.393 e. The number of benzene rings is 1. The van der Waals surface area contributed by atoms with Gasteiger partial charge in [0, 0.05) is 38.7 Å². The molecule has 1 saturated heterocycles. The third-order valence-electron chi connectivity index (χ3n) is 3.10. The van der Waals surface area contributed by atoms with Gasteiger partial charge in [-0.1, -0.05) is 6.07 Å². The van der Waals surface area contributed by atoms with Crippen LogP contribution in [0.1, 0.15) is 12.0 Å². The van der Waals surface area contributed by atoms with E-state index >= 15 is 0 Å². The summed E-state index contributed by atoms with van der Waals surface area (Å²) >= 11 is 0. The van der Waals surface area contributed by atoms with Gasteiger partial charge in [0.2, 0.25) is 5.91 Å². The highest BCUT2D eigenvalue weighted by atomic mass is 16.6. The number of nitro groups is 1. The third-order valence-corrected chi connectivity index (χ3v) is 3.10. The molecule has 3 N–H and O–H groups in total. The molecule has 1 fully saturated rings. The van der Waals surface area contributed by atoms with Crippen LogP contribution in [-0.2, 0) is 11.3 Å². The molecular formula is C12H16N4O3. The van der Waals surface area contributed by atoms with Crippen molar-refractivity contribution >= 4 is 17.3 Å². The fourth-order valence-corrected chi connectivity index (χ4v) is 2.10. The molecule has 102 valence electrons. The van der Waals surface area contributed by atoms with Crippen molar-refractivity contribution in [3.05, 3.63) is 33.9 Å². The smallest absolute Gasteiger partial charge is 0.292 e. The van der Waals surface area contributed by atoms with E-state index in [1.165, 1.54) is 6.07 Å². The molecule has 0 atom stereocenters. The van der Waals surface area contributed by atoms with Gasteiger partial charge >= 0.3 is 0 Å². The fraction of sp³-hybridized carbons (Fsp3) is 0.417. The lowest BCUT2D eigenvalue weighted by Gasteiger charge is -2.19. The second-order valence-corrected chi connectivity index (χ2v) is 4.53. The highest BCUT2D eigenvalue weighted by Gasteiger charge is 2.15. The standard InChI is InChI=1S/C12H16N4O3/c13-10-7-9(1-2-11(10)16(18)19)8-15-5-3-12(17)14-4-6-15/h1-2,7H,3-6,8,13H2,(H,14,17). The van der Waals surface area contributed by atoms with Gasteiger partial charge in [-0.2, -0.15) is 0 Å². The summed E-state index contributed by atoms with van der Waals surface area (Å²) in [4.78, 5) is 23.5. The van der Waals surface area contributed by atoms with Crippen LogP contribution < -0.4 is 11.1 Å². The third kappa shape index (κ3) is 3.41. The summed E-state index contributed by atoms with van der Waals surface area (Å²) in [5.41, 5.74) is 6.67. The summed E-state index contributed by atoms with van der Waals surface area (Å²) in [6.45, 7) is 2.71. The van der Waals surface area contributed by atoms with Gasteiger partial charge in [0.05, 0.1) is 4.92 Å². The van der Waals surface area contributed by atoms with Gasteiger partial charge in [-0.25, -0.2) is 0 Å². The predicted octanol–water partition coefficient (Wildman–Crippen LogP) is 0.499. The number of nitrogens with one attached hydrogen (secondary N) is 1. The maximum atomic E-state index is 11.2. The molecule has 0 aliphatic carbocycles. The maximum Gasteiger partial charge on any atom is 0.292 e. The molecular weight excluding hydrogens is 248 g/mol. The molecule has 0 spiro atoms. The second kappa shape index (κ2) is 5.66. The Morgan fingerprint density at radius 3 is 2.89 bits per heavy atom. The Morgan fingerprint density at radius 2 is 2.21 bits per heavy atom. The van der Waals surface area contributed by atoms with Crippen molar-refractivity contribution in [2.24, 2.45) is 0 Å². The number of nitrogen functional groups attached to an aromatic ring is 1. The number of nitrogens with two attached hydrogens (primary N) is 1. The summed E-state index contributed by atoms with van der Waals surface area (Å²) in [5.74, 6) is 0.0608. The molecule has 0 aromatic heterocycles. The molecule has 1 aromatic carbocycles. The van der Waals surface area contributed by atoms with Crippen molar-refractivity contribution in [2.75, 3.05) is 25.4 Å². The van der Waals surface area contributed by atoms with Crippen molar-refractivity contribution in [3.63, 3.8) is 0 Å². The highest BCUT2D eigenvalue weighted by molar-refractivity contribution is 5.76. The lowest BCUT2D eigenvalue weighted by molar-refractivity contribution is -0.383. The Kier molecular flexibility index (Phi) is 3.96. The first-order chi connectivity index (χ1) is 9.06. The second-order valence-electron chi connectivity index (χ2n) is 4.53. The van der Waals surface area contributed by atoms with E-state index in [0.29, 0.717) is 26.1 Å². The number of carbonyl (C=O) groups is 1. The monoisotopic (exact) mass is 264 g/mol. The average molecular weight is 264 g/mol. The number of anilines is 1. The lowest BCUT2D eigenvalue weighted by atomic mass is 10.1. The topological polar surface area (TPSA) is 102 Å². The zero-order valence-corrected chi connectivity index (χ0v) is 10.5. The first-order valence-electron chi connectivity index (χ1n) is 6.08. The van der Waals surface area contributed by atoms with Crippen LogP contribution >= 0.6 is 0 Å². The van der Waals surface area contributed by atoms with Crippen LogP contribution in [0.4, 0.5) is 11.4 Å². The molecule has 0 saturated carbocycles. The Hall–Kier alpha value is -2.15. The molecule has 0 unspecified atom stereocenters. The van der Waals surface area contributed by atoms with Crippen molar-refractivity contribution < 1.29 is 9.72 Å². The predicted molar refractivity (Wildman–Crippen MR) is 70.4 cm³/mol. The number of carbonyl (C=O) groups excluding carboxylic acids is 1. The minimum atomic E-state index is -0.492. The van der Waals surface area contributed by atoms with Crippen LogP contribution in [0.3, 0.4) is 0 Å². The average Bonchev–Trinajstić information content (AvgIpc) is 2.54. The normalized spacial score (nSPS) is 16.7. The zero-order chi connectivity index (χ0) is 13.8. The van der Waals surface area contributed by atoms with Crippen LogP contribution in [0.2, 0.25) is 0 Å². The van der Waals surface area contributed by atoms with Crippen LogP contribution in [-0.4, -0.2) is 35.4 Å². The first-order valence-corrected chi connectivity index (χ1v) is 6.08. The molecule has 7 heteroatoms. The molecule has 2 rings (SSSR count). The quantitative estimate of drug-likeness (QED) is 0.470. The molecule has 1 heterocycles. The van der Waals surface area contributed by atoms with Crippen molar-refractivity contribution in [2.45, 2.75) is 13.0 Å². The summed E-state index contributed by atoms with van der Waals surface area (Å²) in [7, 11) is 0. The van der Waals surface area contributed by atoms with E-state index in [4.69, 9.17) is 5.73 Å². The Balaban J connectivity index is 2.04. The van der Waals surface area contributed by atoms with Gasteiger partial charge in [-0.3, -0.25) is 19.8 Å². The highest BCUT2D eigenvalue weighted by Crippen LogP contribution is 2.22. The number of amides is 1. The van der Waals surface area contributed by atoms with E-state index < -0.39 is 4.92 Å². The Bertz CT molecular complexity index is 504. The summed E-state index contributed by atoms with van der Waals surface area (Å²) < 4.78 is 0. The van der Waals surface area contributed by atoms with Crippen LogP contribution in [0, 0.1) is 10.1 Å². The van der Waals surface area contributed by atoms with Gasteiger partial charge < -0.3 is 11.1 Å². The molecule has 0 radical (unpaired) electrons. The van der Waals surface area contributed by atoms with Crippen LogP contribution in [0.25, 0.3) is 0 Å². The van der Waals surface area contributed by atoms with Gasteiger partial charge in [0.15, 0.2) is 0 Å². The van der Waals surface area contributed by atoms with Gasteiger partial charge in [-0.05, 0) is 11.6 Å². The van der Waals surface area contributed by atoms with E-state index in [1.54, 1.807) is 12.1 Å². The fourth-order valence-electron chi connectivity index (χ4n) is 2.10. The molecule has 19 heavy (non-hydrogen) atoms. The minimum Gasteiger partial charge on any atom is -0.393 e. The minimum absolute atomic E-state index is 0.0608. The molecule has 1 amide bonds. The van der Waals surface area contributed by atoms with Crippen molar-refractivity contribution in [1.82, 2.24) is 10.2 Å². The summed E-state index contributed by atoms with van der Waals surface area (Å²) in [5, 5.41) is 13.5. The number of nitro benzene ring substituents is 1. The van der Waals surface area contributed by atoms with Gasteiger partial charge in [0.25, 0.3) is 5.69 Å². The van der Waals surface area contributed by atoms with E-state index in [1.807, 2.05) is 0 Å². The first kappa shape index (κ1) is 13.3. The van der Waals surface area contributed by atoms with E-state index in [2.05, 4.69) is 10.2 Å². The molecule has 1 aromatic rings. The number of hydrogen-bond donors (Lipinski definition) is 2. The maximum absolute atomic E-state index is 11.2. The SMILES string of the molecule is Nc1cc(CN2CCNC(=O)CC2)ccc1[N+](=O)[O-]. The van der Waals surface area contributed by atoms with Crippen molar-refractivity contribution in [1.29, 1.82) is 0 Å². The number of rotatable bonds is 3. The number of hydrogen-bond acceptors (Lipinski definition) is 5. The van der Waals surface area contributed by atoms with E-state index in [-0.39, 0.29) is 17.3 Å². The Morgan fingerprint density at radius 1 is 1.42 bits per heavy atom. The van der Waals surface area contributed by atoms with E-state index in [0.717, 1.165) is 12.1 Å². The van der Waals surface area contributed by atoms with Crippen molar-refractivity contribution in [3.8, 4) is 0 Å². The zero-order valence-electron chi connectivity index (χ0n) is 10.5. The Labute approximate surface area is 110 Å². The number of nitrogens with zero attached hydrogens (tertiary/aromatic N) is 2. The van der Waals surface area contributed by atoms with Gasteiger partial charge in [0.1, 0.15) is 5.69 Å². The molecule has 7 nitrogen and oxygen atoms in total. The van der Waals surface area contributed by atoms with Gasteiger partial charge in [-0.15, -0.1) is 0 Å². The summed E-state index contributed by atoms with van der Waals surface area (Å²) in [6.07, 6.45) is 0.475. The molecule has 1 aliphatic heterocycles. The summed E-state index contributed by atoms with van der Waals surface area (Å²) in [6, 6.07) is 4.75. The lowest BCUT2D eigenvalue weighted by Crippen LogP contribution is -2.28. The molecule has 0 bridgehead atoms. The van der Waals surface area contributed by atoms with E-state index in [9.17, 15) is 14.9 Å². The molecule has 1 aliphatic rings.